The van der Waals surface area contributed by atoms with E-state index >= 15 is 0 Å². The summed E-state index contributed by atoms with van der Waals surface area (Å²) in [6.07, 6.45) is -0.247. The van der Waals surface area contributed by atoms with Crippen molar-refractivity contribution < 1.29 is 19.5 Å². The highest BCUT2D eigenvalue weighted by Crippen LogP contribution is 2.48. The van der Waals surface area contributed by atoms with Crippen molar-refractivity contribution in [1.82, 2.24) is 0 Å². The Bertz CT molecular complexity index is 1090. The summed E-state index contributed by atoms with van der Waals surface area (Å²) in [4.78, 5) is 40.3. The van der Waals surface area contributed by atoms with Gasteiger partial charge in [-0.25, -0.2) is 0 Å². The van der Waals surface area contributed by atoms with E-state index in [0.717, 1.165) is 0 Å². The summed E-state index contributed by atoms with van der Waals surface area (Å²) in [7, 11) is 0. The first-order valence-corrected chi connectivity index (χ1v) is 10.4. The van der Waals surface area contributed by atoms with Crippen molar-refractivity contribution in [2.45, 2.75) is 24.9 Å². The van der Waals surface area contributed by atoms with Crippen LogP contribution in [0.25, 0.3) is 0 Å². The number of hydrogen-bond acceptors (Lipinski definition) is 4. The van der Waals surface area contributed by atoms with E-state index in [1.165, 1.54) is 6.92 Å². The molecule has 1 aliphatic rings. The summed E-state index contributed by atoms with van der Waals surface area (Å²) >= 11 is 0. The van der Waals surface area contributed by atoms with Gasteiger partial charge in [-0.2, -0.15) is 0 Å². The summed E-state index contributed by atoms with van der Waals surface area (Å²) in [5.74, 6) is -3.67. The third-order valence-corrected chi connectivity index (χ3v) is 6.13. The van der Waals surface area contributed by atoms with Gasteiger partial charge in [-0.05, 0) is 12.5 Å². The van der Waals surface area contributed by atoms with Crippen LogP contribution in [0.3, 0.4) is 0 Å². The second-order valence-corrected chi connectivity index (χ2v) is 8.35. The fourth-order valence-corrected chi connectivity index (χ4v) is 4.73. The summed E-state index contributed by atoms with van der Waals surface area (Å²) in [5, 5.41) is 11.3. The van der Waals surface area contributed by atoms with E-state index in [0.29, 0.717) is 16.7 Å². The number of hydrogen-bond donors (Lipinski definition) is 1. The van der Waals surface area contributed by atoms with Gasteiger partial charge in [-0.3, -0.25) is 14.4 Å². The zero-order chi connectivity index (χ0) is 22.0. The SMILES string of the molecule is C[C@@]1(O)CC(=O)[C@@H](C(=O)c2ccccc2)[C@H](c2ccccc2)[C@@H]1C(=O)c1ccccc1. The quantitative estimate of drug-likeness (QED) is 0.495. The lowest BCUT2D eigenvalue weighted by Gasteiger charge is -2.45. The molecule has 1 saturated carbocycles. The number of rotatable bonds is 5. The summed E-state index contributed by atoms with van der Waals surface area (Å²) in [6, 6.07) is 26.5. The number of ketones is 3. The molecule has 0 radical (unpaired) electrons. The first-order valence-electron chi connectivity index (χ1n) is 10.4. The zero-order valence-electron chi connectivity index (χ0n) is 17.3. The minimum Gasteiger partial charge on any atom is -0.389 e. The minimum absolute atomic E-state index is 0.247. The Kier molecular flexibility index (Phi) is 5.66. The van der Waals surface area contributed by atoms with Crippen LogP contribution in [-0.4, -0.2) is 28.1 Å². The molecule has 4 rings (SSSR count). The molecule has 0 aliphatic heterocycles. The van der Waals surface area contributed by atoms with Gasteiger partial charge in [-0.15, -0.1) is 0 Å². The van der Waals surface area contributed by atoms with Crippen LogP contribution in [0.1, 0.15) is 45.5 Å². The van der Waals surface area contributed by atoms with Gasteiger partial charge in [0.25, 0.3) is 0 Å². The minimum atomic E-state index is -1.57. The maximum absolute atomic E-state index is 13.6. The molecule has 0 aromatic heterocycles. The molecule has 0 saturated heterocycles. The normalized spacial score (nSPS) is 25.7. The lowest BCUT2D eigenvalue weighted by molar-refractivity contribution is -0.134. The fourth-order valence-electron chi connectivity index (χ4n) is 4.73. The van der Waals surface area contributed by atoms with E-state index in [4.69, 9.17) is 0 Å². The highest BCUT2D eigenvalue weighted by molar-refractivity contribution is 6.13. The predicted molar refractivity (Wildman–Crippen MR) is 118 cm³/mol. The topological polar surface area (TPSA) is 71.4 Å². The maximum atomic E-state index is 13.6. The Hall–Kier alpha value is -3.37. The van der Waals surface area contributed by atoms with E-state index < -0.39 is 23.4 Å². The monoisotopic (exact) mass is 412 g/mol. The smallest absolute Gasteiger partial charge is 0.173 e. The highest BCUT2D eigenvalue weighted by atomic mass is 16.3. The molecule has 4 atom stereocenters. The Balaban J connectivity index is 1.87. The molecule has 31 heavy (non-hydrogen) atoms. The van der Waals surface area contributed by atoms with Crippen molar-refractivity contribution in [3.63, 3.8) is 0 Å². The van der Waals surface area contributed by atoms with E-state index in [1.807, 2.05) is 36.4 Å². The fraction of sp³-hybridized carbons (Fsp3) is 0.222. The van der Waals surface area contributed by atoms with E-state index in [2.05, 4.69) is 0 Å². The lowest BCUT2D eigenvalue weighted by Crippen LogP contribution is -2.54. The number of Topliss-reactive ketones (excluding diaryl/α,β-unsaturated/α-hetero) is 3. The third-order valence-electron chi connectivity index (χ3n) is 6.13. The van der Waals surface area contributed by atoms with Crippen LogP contribution < -0.4 is 0 Å². The molecule has 0 spiro atoms. The number of benzene rings is 3. The van der Waals surface area contributed by atoms with Crippen molar-refractivity contribution in [3.05, 3.63) is 108 Å². The average Bonchev–Trinajstić information content (AvgIpc) is 2.79. The molecule has 1 fully saturated rings. The molecule has 0 amide bonds. The second kappa shape index (κ2) is 8.40. The third kappa shape index (κ3) is 3.99. The van der Waals surface area contributed by atoms with Gasteiger partial charge in [0.05, 0.1) is 17.4 Å². The van der Waals surface area contributed by atoms with Gasteiger partial charge in [-0.1, -0.05) is 91.0 Å². The van der Waals surface area contributed by atoms with Gasteiger partial charge in [0, 0.05) is 23.5 Å². The first-order chi connectivity index (χ1) is 14.9. The number of carbonyl (C=O) groups excluding carboxylic acids is 3. The van der Waals surface area contributed by atoms with Gasteiger partial charge in [0.15, 0.2) is 11.6 Å². The molecule has 1 N–H and O–H groups in total. The van der Waals surface area contributed by atoms with Crippen molar-refractivity contribution >= 4 is 17.3 Å². The predicted octanol–water partition coefficient (Wildman–Crippen LogP) is 4.49. The molecule has 156 valence electrons. The van der Waals surface area contributed by atoms with Crippen LogP contribution >= 0.6 is 0 Å². The molecule has 1 aliphatic carbocycles. The molecule has 0 unspecified atom stereocenters. The van der Waals surface area contributed by atoms with Crippen LogP contribution in [0.2, 0.25) is 0 Å². The average molecular weight is 412 g/mol. The van der Waals surface area contributed by atoms with Crippen molar-refractivity contribution in [1.29, 1.82) is 0 Å². The standard InChI is InChI=1S/C27H24O4/c1-27(31)17-21(28)23(25(29)19-13-7-3-8-14-19)22(18-11-5-2-6-12-18)24(27)26(30)20-15-9-4-10-16-20/h2-16,22-24,31H,17H2,1H3/t22-,23+,24+,27+/m0/s1. The molecule has 4 heteroatoms. The van der Waals surface area contributed by atoms with Crippen LogP contribution in [0.15, 0.2) is 91.0 Å². The molecule has 0 bridgehead atoms. The number of aliphatic hydroxyl groups is 1. The van der Waals surface area contributed by atoms with Crippen molar-refractivity contribution in [3.8, 4) is 0 Å². The molecular weight excluding hydrogens is 388 g/mol. The van der Waals surface area contributed by atoms with Crippen LogP contribution in [0.4, 0.5) is 0 Å². The van der Waals surface area contributed by atoms with Gasteiger partial charge >= 0.3 is 0 Å². The summed E-state index contributed by atoms with van der Waals surface area (Å²) in [5.41, 5.74) is 0.000395. The molecule has 4 nitrogen and oxygen atoms in total. The van der Waals surface area contributed by atoms with Gasteiger partial charge in [0.2, 0.25) is 0 Å². The largest absolute Gasteiger partial charge is 0.389 e. The maximum Gasteiger partial charge on any atom is 0.173 e. The van der Waals surface area contributed by atoms with Gasteiger partial charge in [0.1, 0.15) is 5.78 Å². The van der Waals surface area contributed by atoms with Crippen molar-refractivity contribution in [2.75, 3.05) is 0 Å². The van der Waals surface area contributed by atoms with Crippen molar-refractivity contribution in [2.24, 2.45) is 11.8 Å². The Labute approximate surface area is 181 Å². The second-order valence-electron chi connectivity index (χ2n) is 8.35. The van der Waals surface area contributed by atoms with Crippen LogP contribution in [-0.2, 0) is 4.79 Å². The highest BCUT2D eigenvalue weighted by Gasteiger charge is 2.55. The van der Waals surface area contributed by atoms with E-state index in [1.54, 1.807) is 54.6 Å². The Morgan fingerprint density at radius 2 is 1.23 bits per heavy atom. The van der Waals surface area contributed by atoms with Gasteiger partial charge < -0.3 is 5.11 Å². The summed E-state index contributed by atoms with van der Waals surface area (Å²) in [6.45, 7) is 1.52. The molecule has 0 heterocycles. The Morgan fingerprint density at radius 1 is 0.774 bits per heavy atom. The lowest BCUT2D eigenvalue weighted by atomic mass is 9.58. The van der Waals surface area contributed by atoms with E-state index in [-0.39, 0.29) is 23.8 Å². The Morgan fingerprint density at radius 3 is 1.74 bits per heavy atom. The number of carbonyl (C=O) groups is 3. The zero-order valence-corrected chi connectivity index (χ0v) is 17.3. The first kappa shape index (κ1) is 20.9. The van der Waals surface area contributed by atoms with Crippen LogP contribution in [0, 0.1) is 11.8 Å². The molecule has 3 aromatic carbocycles. The summed E-state index contributed by atoms with van der Waals surface area (Å²) < 4.78 is 0. The molecular formula is C27H24O4. The van der Waals surface area contributed by atoms with E-state index in [9.17, 15) is 19.5 Å². The van der Waals surface area contributed by atoms with Crippen LogP contribution in [0.5, 0.6) is 0 Å². The molecule has 3 aromatic rings.